The molecule has 0 atom stereocenters. The van der Waals surface area contributed by atoms with E-state index in [1.54, 1.807) is 24.3 Å². The molecule has 0 spiro atoms. The molecule has 0 radical (unpaired) electrons. The Morgan fingerprint density at radius 1 is 1.07 bits per heavy atom. The number of carbonyl (C=O) groups is 2. The monoisotopic (exact) mass is 394 g/mol. The molecule has 0 saturated carbocycles. The van der Waals surface area contributed by atoms with Crippen LogP contribution in [-0.2, 0) is 0 Å². The molecule has 2 amide bonds. The van der Waals surface area contributed by atoms with Crippen LogP contribution >= 0.6 is 0 Å². The van der Waals surface area contributed by atoms with Gasteiger partial charge in [-0.2, -0.15) is 0 Å². The second-order valence-corrected chi connectivity index (χ2v) is 6.61. The number of ether oxygens (including phenoxy) is 1. The Labute approximate surface area is 169 Å². The van der Waals surface area contributed by atoms with Crippen LogP contribution in [-0.4, -0.2) is 25.5 Å². The minimum atomic E-state index is -0.697. The number of halogens is 1. The standard InChI is InChI=1S/C23H23FN2O3/c1-29-17-11-12-18(20(24)15-17)23(28)26-21-10-6-5-9-19(21)22(27)25-14-13-16-7-3-2-4-8-16/h3,5-12,15H,2,4,13-14H2,1H3,(H,25,27)(H,26,28). The number of amides is 2. The molecule has 0 fully saturated rings. The molecule has 0 aromatic heterocycles. The minimum absolute atomic E-state index is 0.128. The lowest BCUT2D eigenvalue weighted by Crippen LogP contribution is -2.26. The number of benzene rings is 2. The second kappa shape index (κ2) is 9.68. The highest BCUT2D eigenvalue weighted by atomic mass is 19.1. The lowest BCUT2D eigenvalue weighted by molar-refractivity contribution is 0.0955. The number of para-hydroxylation sites is 1. The molecule has 1 aliphatic rings. The summed E-state index contributed by atoms with van der Waals surface area (Å²) in [6.07, 6.45) is 9.19. The Hall–Kier alpha value is -3.41. The van der Waals surface area contributed by atoms with Gasteiger partial charge in [0.2, 0.25) is 0 Å². The molecular weight excluding hydrogens is 371 g/mol. The van der Waals surface area contributed by atoms with Gasteiger partial charge in [-0.25, -0.2) is 4.39 Å². The van der Waals surface area contributed by atoms with Crippen LogP contribution in [0.15, 0.2) is 66.3 Å². The maximum absolute atomic E-state index is 14.2. The summed E-state index contributed by atoms with van der Waals surface area (Å²) in [6.45, 7) is 0.490. The first-order chi connectivity index (χ1) is 14.1. The molecule has 3 rings (SSSR count). The van der Waals surface area contributed by atoms with E-state index in [2.05, 4.69) is 28.9 Å². The molecule has 1 aliphatic carbocycles. The molecule has 5 nitrogen and oxygen atoms in total. The smallest absolute Gasteiger partial charge is 0.258 e. The fourth-order valence-electron chi connectivity index (χ4n) is 3.06. The quantitative estimate of drug-likeness (QED) is 0.727. The van der Waals surface area contributed by atoms with Crippen molar-refractivity contribution in [2.45, 2.75) is 19.3 Å². The number of allylic oxidation sites excluding steroid dienone is 3. The zero-order valence-corrected chi connectivity index (χ0v) is 16.2. The van der Waals surface area contributed by atoms with Gasteiger partial charge in [0.05, 0.1) is 23.9 Å². The average molecular weight is 394 g/mol. The zero-order chi connectivity index (χ0) is 20.6. The van der Waals surface area contributed by atoms with E-state index in [1.165, 1.54) is 24.8 Å². The average Bonchev–Trinajstić information content (AvgIpc) is 2.74. The molecule has 0 saturated heterocycles. The largest absolute Gasteiger partial charge is 0.497 e. The maximum atomic E-state index is 14.2. The van der Waals surface area contributed by atoms with Crippen molar-refractivity contribution in [2.24, 2.45) is 0 Å². The van der Waals surface area contributed by atoms with E-state index in [1.807, 2.05) is 0 Å². The summed E-state index contributed by atoms with van der Waals surface area (Å²) in [5.41, 5.74) is 1.72. The highest BCUT2D eigenvalue weighted by Gasteiger charge is 2.17. The summed E-state index contributed by atoms with van der Waals surface area (Å²) in [6, 6.07) is 10.6. The van der Waals surface area contributed by atoms with Gasteiger partial charge in [-0.05, 0) is 43.5 Å². The van der Waals surface area contributed by atoms with Crippen molar-refractivity contribution in [1.82, 2.24) is 5.32 Å². The van der Waals surface area contributed by atoms with Gasteiger partial charge in [0.25, 0.3) is 11.8 Å². The summed E-state index contributed by atoms with van der Waals surface area (Å²) in [5.74, 6) is -1.31. The summed E-state index contributed by atoms with van der Waals surface area (Å²) < 4.78 is 19.1. The maximum Gasteiger partial charge on any atom is 0.258 e. The van der Waals surface area contributed by atoms with E-state index in [4.69, 9.17) is 4.74 Å². The van der Waals surface area contributed by atoms with Gasteiger partial charge in [0.1, 0.15) is 11.6 Å². The number of nitrogens with one attached hydrogen (secondary N) is 2. The van der Waals surface area contributed by atoms with Gasteiger partial charge < -0.3 is 15.4 Å². The van der Waals surface area contributed by atoms with Crippen molar-refractivity contribution in [3.05, 3.63) is 83.2 Å². The van der Waals surface area contributed by atoms with Gasteiger partial charge in [-0.15, -0.1) is 0 Å². The Balaban J connectivity index is 1.66. The molecule has 29 heavy (non-hydrogen) atoms. The summed E-state index contributed by atoms with van der Waals surface area (Å²) in [5, 5.41) is 5.49. The van der Waals surface area contributed by atoms with Gasteiger partial charge in [0.15, 0.2) is 0 Å². The molecule has 0 bridgehead atoms. The van der Waals surface area contributed by atoms with E-state index in [0.717, 1.165) is 25.3 Å². The Kier molecular flexibility index (Phi) is 6.79. The lowest BCUT2D eigenvalue weighted by Gasteiger charge is -2.13. The first kappa shape index (κ1) is 20.3. The second-order valence-electron chi connectivity index (χ2n) is 6.61. The lowest BCUT2D eigenvalue weighted by atomic mass is 10.0. The minimum Gasteiger partial charge on any atom is -0.497 e. The van der Waals surface area contributed by atoms with Gasteiger partial charge in [0, 0.05) is 12.6 Å². The van der Waals surface area contributed by atoms with E-state index < -0.39 is 11.7 Å². The molecule has 6 heteroatoms. The van der Waals surface area contributed by atoms with Crippen LogP contribution < -0.4 is 15.4 Å². The fourth-order valence-corrected chi connectivity index (χ4v) is 3.06. The first-order valence-electron chi connectivity index (χ1n) is 9.46. The van der Waals surface area contributed by atoms with E-state index in [-0.39, 0.29) is 11.5 Å². The Morgan fingerprint density at radius 2 is 1.90 bits per heavy atom. The Morgan fingerprint density at radius 3 is 2.62 bits per heavy atom. The van der Waals surface area contributed by atoms with Crippen molar-refractivity contribution >= 4 is 17.5 Å². The van der Waals surface area contributed by atoms with Crippen LogP contribution in [0.3, 0.4) is 0 Å². The predicted molar refractivity (Wildman–Crippen MR) is 111 cm³/mol. The third kappa shape index (κ3) is 5.31. The van der Waals surface area contributed by atoms with Crippen molar-refractivity contribution in [2.75, 3.05) is 19.0 Å². The molecule has 2 aromatic rings. The SMILES string of the molecule is COc1ccc(C(=O)Nc2ccccc2C(=O)NCCC2=CCCC=C2)c(F)c1. The topological polar surface area (TPSA) is 67.4 Å². The number of rotatable bonds is 7. The molecule has 0 aliphatic heterocycles. The summed E-state index contributed by atoms with van der Waals surface area (Å²) in [7, 11) is 1.42. The molecule has 2 aromatic carbocycles. The molecule has 150 valence electrons. The van der Waals surface area contributed by atoms with Crippen LogP contribution in [0.2, 0.25) is 0 Å². The van der Waals surface area contributed by atoms with Crippen LogP contribution in [0.1, 0.15) is 40.0 Å². The van der Waals surface area contributed by atoms with Gasteiger partial charge >= 0.3 is 0 Å². The molecular formula is C23H23FN2O3. The van der Waals surface area contributed by atoms with Crippen molar-refractivity contribution in [3.63, 3.8) is 0 Å². The number of methoxy groups -OCH3 is 1. The number of hydrogen-bond donors (Lipinski definition) is 2. The van der Waals surface area contributed by atoms with Crippen molar-refractivity contribution in [3.8, 4) is 5.75 Å². The van der Waals surface area contributed by atoms with Gasteiger partial charge in [-0.1, -0.05) is 35.9 Å². The molecule has 0 unspecified atom stereocenters. The molecule has 0 heterocycles. The Bertz CT molecular complexity index is 966. The van der Waals surface area contributed by atoms with E-state index >= 15 is 0 Å². The number of hydrogen-bond acceptors (Lipinski definition) is 3. The summed E-state index contributed by atoms with van der Waals surface area (Å²) in [4.78, 5) is 25.1. The summed E-state index contributed by atoms with van der Waals surface area (Å²) >= 11 is 0. The zero-order valence-electron chi connectivity index (χ0n) is 16.2. The van der Waals surface area contributed by atoms with Gasteiger partial charge in [-0.3, -0.25) is 9.59 Å². The fraction of sp³-hybridized carbons (Fsp3) is 0.217. The van der Waals surface area contributed by atoms with E-state index in [0.29, 0.717) is 23.5 Å². The third-order valence-corrected chi connectivity index (χ3v) is 4.61. The van der Waals surface area contributed by atoms with E-state index in [9.17, 15) is 14.0 Å². The van der Waals surface area contributed by atoms with Crippen molar-refractivity contribution in [1.29, 1.82) is 0 Å². The van der Waals surface area contributed by atoms with Crippen molar-refractivity contribution < 1.29 is 18.7 Å². The molecule has 2 N–H and O–H groups in total. The highest BCUT2D eigenvalue weighted by Crippen LogP contribution is 2.20. The van der Waals surface area contributed by atoms with Crippen LogP contribution in [0.5, 0.6) is 5.75 Å². The highest BCUT2D eigenvalue weighted by molar-refractivity contribution is 6.09. The first-order valence-corrected chi connectivity index (χ1v) is 9.46. The normalized spacial score (nSPS) is 12.8. The van der Waals surface area contributed by atoms with Crippen LogP contribution in [0.25, 0.3) is 0 Å². The number of carbonyl (C=O) groups excluding carboxylic acids is 2. The van der Waals surface area contributed by atoms with Crippen LogP contribution in [0, 0.1) is 5.82 Å². The third-order valence-electron chi connectivity index (χ3n) is 4.61. The van der Waals surface area contributed by atoms with Crippen LogP contribution in [0.4, 0.5) is 10.1 Å². The number of anilines is 1. The predicted octanol–water partition coefficient (Wildman–Crippen LogP) is 4.48.